The summed E-state index contributed by atoms with van der Waals surface area (Å²) in [5, 5.41) is 0.625. The summed E-state index contributed by atoms with van der Waals surface area (Å²) in [4.78, 5) is 31.1. The van der Waals surface area contributed by atoms with Crippen molar-refractivity contribution in [3.63, 3.8) is 0 Å². The standard InChI is InChI=1S/C22H21ClN2O2S/c23-17-8-6-7-16(13-17)14-20-22(27)25(18-9-2-3-10-19(18)28-20)15-21(26)24-11-4-1-5-12-24/h2-3,6-10,13-14H,1,4-5,11-12,15H2. The third kappa shape index (κ3) is 4.10. The molecule has 0 aromatic heterocycles. The number of thioether (sulfide) groups is 1. The van der Waals surface area contributed by atoms with Crippen LogP contribution in [0, 0.1) is 0 Å². The Kier molecular flexibility index (Phi) is 5.74. The van der Waals surface area contributed by atoms with E-state index in [0.29, 0.717) is 9.93 Å². The van der Waals surface area contributed by atoms with E-state index in [2.05, 4.69) is 0 Å². The van der Waals surface area contributed by atoms with Crippen molar-refractivity contribution in [1.82, 2.24) is 4.90 Å². The Hall–Kier alpha value is -2.24. The lowest BCUT2D eigenvalue weighted by molar-refractivity contribution is -0.131. The van der Waals surface area contributed by atoms with E-state index in [9.17, 15) is 9.59 Å². The first kappa shape index (κ1) is 19.1. The molecule has 0 unspecified atom stereocenters. The number of piperidine rings is 1. The van der Waals surface area contributed by atoms with Crippen molar-refractivity contribution in [2.75, 3.05) is 24.5 Å². The third-order valence-electron chi connectivity index (χ3n) is 4.98. The number of para-hydroxylation sites is 1. The molecule has 0 aliphatic carbocycles. The normalized spacial score (nSPS) is 18.3. The molecule has 144 valence electrons. The molecule has 2 aliphatic rings. The first-order chi connectivity index (χ1) is 13.6. The summed E-state index contributed by atoms with van der Waals surface area (Å²) in [5.74, 6) is -0.133. The Morgan fingerprint density at radius 3 is 2.64 bits per heavy atom. The Labute approximate surface area is 174 Å². The number of anilines is 1. The van der Waals surface area contributed by atoms with Crippen molar-refractivity contribution in [3.05, 3.63) is 64.0 Å². The smallest absolute Gasteiger partial charge is 0.265 e. The number of rotatable bonds is 3. The van der Waals surface area contributed by atoms with Gasteiger partial charge in [-0.1, -0.05) is 47.6 Å². The molecule has 0 radical (unpaired) electrons. The van der Waals surface area contributed by atoms with E-state index in [-0.39, 0.29) is 18.4 Å². The van der Waals surface area contributed by atoms with Gasteiger partial charge < -0.3 is 4.90 Å². The number of nitrogens with zero attached hydrogens (tertiary/aromatic N) is 2. The molecular weight excluding hydrogens is 392 g/mol. The highest BCUT2D eigenvalue weighted by Gasteiger charge is 2.31. The summed E-state index contributed by atoms with van der Waals surface area (Å²) < 4.78 is 0. The van der Waals surface area contributed by atoms with E-state index in [0.717, 1.165) is 42.1 Å². The van der Waals surface area contributed by atoms with E-state index in [1.165, 1.54) is 18.2 Å². The summed E-state index contributed by atoms with van der Waals surface area (Å²) >= 11 is 7.52. The number of carbonyl (C=O) groups is 2. The topological polar surface area (TPSA) is 40.6 Å². The van der Waals surface area contributed by atoms with Crippen LogP contribution in [0.1, 0.15) is 24.8 Å². The van der Waals surface area contributed by atoms with Gasteiger partial charge in [0.25, 0.3) is 5.91 Å². The van der Waals surface area contributed by atoms with E-state index in [1.807, 2.05) is 53.4 Å². The Morgan fingerprint density at radius 1 is 1.07 bits per heavy atom. The van der Waals surface area contributed by atoms with Gasteiger partial charge in [0.1, 0.15) is 6.54 Å². The molecule has 0 spiro atoms. The van der Waals surface area contributed by atoms with E-state index in [4.69, 9.17) is 11.6 Å². The van der Waals surface area contributed by atoms with Crippen LogP contribution in [0.2, 0.25) is 5.02 Å². The van der Waals surface area contributed by atoms with Crippen LogP contribution in [0.3, 0.4) is 0 Å². The molecule has 1 fully saturated rings. The molecule has 28 heavy (non-hydrogen) atoms. The number of likely N-dealkylation sites (tertiary alicyclic amines) is 1. The molecule has 2 aliphatic heterocycles. The zero-order valence-corrected chi connectivity index (χ0v) is 17.0. The Balaban J connectivity index is 1.64. The zero-order valence-electron chi connectivity index (χ0n) is 15.4. The van der Waals surface area contributed by atoms with Gasteiger partial charge in [-0.25, -0.2) is 0 Å². The maximum atomic E-state index is 13.2. The van der Waals surface area contributed by atoms with Crippen LogP contribution in [0.5, 0.6) is 0 Å². The molecule has 0 N–H and O–H groups in total. The average molecular weight is 413 g/mol. The van der Waals surface area contributed by atoms with Gasteiger partial charge in [-0.3, -0.25) is 14.5 Å². The summed E-state index contributed by atoms with van der Waals surface area (Å²) in [7, 11) is 0. The highest BCUT2D eigenvalue weighted by Crippen LogP contribution is 2.42. The number of benzene rings is 2. The number of carbonyl (C=O) groups excluding carboxylic acids is 2. The van der Waals surface area contributed by atoms with E-state index >= 15 is 0 Å². The van der Waals surface area contributed by atoms with Gasteiger partial charge in [0, 0.05) is 23.0 Å². The molecule has 0 atom stereocenters. The maximum absolute atomic E-state index is 13.2. The van der Waals surface area contributed by atoms with Crippen LogP contribution in [0.4, 0.5) is 5.69 Å². The Bertz CT molecular complexity index is 938. The van der Waals surface area contributed by atoms with E-state index in [1.54, 1.807) is 11.0 Å². The molecular formula is C22H21ClN2O2S. The van der Waals surface area contributed by atoms with Crippen molar-refractivity contribution >= 4 is 46.9 Å². The molecule has 0 saturated carbocycles. The largest absolute Gasteiger partial charge is 0.341 e. The SMILES string of the molecule is O=C(CN1C(=O)C(=Cc2cccc(Cl)c2)Sc2ccccc21)N1CCCCC1. The zero-order chi connectivity index (χ0) is 19.5. The molecule has 2 heterocycles. The summed E-state index contributed by atoms with van der Waals surface area (Å²) in [6.07, 6.45) is 5.07. The molecule has 0 bridgehead atoms. The quantitative estimate of drug-likeness (QED) is 0.678. The first-order valence-corrected chi connectivity index (χ1v) is 10.6. The molecule has 6 heteroatoms. The first-order valence-electron chi connectivity index (χ1n) is 9.45. The van der Waals surface area contributed by atoms with Gasteiger partial charge in [0.2, 0.25) is 5.91 Å². The highest BCUT2D eigenvalue weighted by atomic mass is 35.5. The number of halogens is 1. The summed E-state index contributed by atoms with van der Waals surface area (Å²) in [6.45, 7) is 1.63. The summed E-state index contributed by atoms with van der Waals surface area (Å²) in [6, 6.07) is 15.1. The van der Waals surface area contributed by atoms with Gasteiger partial charge in [-0.05, 0) is 55.2 Å². The van der Waals surface area contributed by atoms with E-state index < -0.39 is 0 Å². The van der Waals surface area contributed by atoms with Crippen molar-refractivity contribution in [3.8, 4) is 0 Å². The van der Waals surface area contributed by atoms with Crippen molar-refractivity contribution < 1.29 is 9.59 Å². The third-order valence-corrected chi connectivity index (χ3v) is 6.29. The number of hydrogen-bond acceptors (Lipinski definition) is 3. The average Bonchev–Trinajstić information content (AvgIpc) is 2.71. The maximum Gasteiger partial charge on any atom is 0.265 e. The minimum absolute atomic E-state index is 0.0110. The Morgan fingerprint density at radius 2 is 1.86 bits per heavy atom. The number of fused-ring (bicyclic) bond motifs is 1. The predicted octanol–water partition coefficient (Wildman–Crippen LogP) is 4.83. The van der Waals surface area contributed by atoms with Gasteiger partial charge in [0.05, 0.1) is 10.6 Å². The molecule has 4 nitrogen and oxygen atoms in total. The predicted molar refractivity (Wildman–Crippen MR) is 115 cm³/mol. The number of hydrogen-bond donors (Lipinski definition) is 0. The fourth-order valence-corrected chi connectivity index (χ4v) is 4.80. The van der Waals surface area contributed by atoms with Crippen molar-refractivity contribution in [2.24, 2.45) is 0 Å². The lowest BCUT2D eigenvalue weighted by atomic mass is 10.1. The second-order valence-corrected chi connectivity index (χ2v) is 8.49. The van der Waals surface area contributed by atoms with Crippen LogP contribution >= 0.6 is 23.4 Å². The highest BCUT2D eigenvalue weighted by molar-refractivity contribution is 8.04. The fourth-order valence-electron chi connectivity index (χ4n) is 3.55. The van der Waals surface area contributed by atoms with Crippen LogP contribution in [-0.2, 0) is 9.59 Å². The second kappa shape index (κ2) is 8.41. The molecule has 2 amide bonds. The van der Waals surface area contributed by atoms with Crippen LogP contribution < -0.4 is 4.90 Å². The number of amides is 2. The van der Waals surface area contributed by atoms with Crippen molar-refractivity contribution in [1.29, 1.82) is 0 Å². The monoisotopic (exact) mass is 412 g/mol. The van der Waals surface area contributed by atoms with Gasteiger partial charge >= 0.3 is 0 Å². The lowest BCUT2D eigenvalue weighted by Gasteiger charge is -2.33. The van der Waals surface area contributed by atoms with Crippen LogP contribution in [0.25, 0.3) is 6.08 Å². The minimum Gasteiger partial charge on any atom is -0.341 e. The van der Waals surface area contributed by atoms with Gasteiger partial charge in [-0.15, -0.1) is 0 Å². The van der Waals surface area contributed by atoms with Crippen LogP contribution in [0.15, 0.2) is 58.3 Å². The van der Waals surface area contributed by atoms with Gasteiger partial charge in [-0.2, -0.15) is 0 Å². The fraction of sp³-hybridized carbons (Fsp3) is 0.273. The molecule has 2 aromatic rings. The molecule has 1 saturated heterocycles. The van der Waals surface area contributed by atoms with Crippen LogP contribution in [-0.4, -0.2) is 36.3 Å². The summed E-state index contributed by atoms with van der Waals surface area (Å²) in [5.41, 5.74) is 1.66. The minimum atomic E-state index is -0.144. The van der Waals surface area contributed by atoms with Gasteiger partial charge in [0.15, 0.2) is 0 Å². The molecule has 4 rings (SSSR count). The van der Waals surface area contributed by atoms with Crippen molar-refractivity contribution in [2.45, 2.75) is 24.2 Å². The lowest BCUT2D eigenvalue weighted by Crippen LogP contribution is -2.46. The second-order valence-electron chi connectivity index (χ2n) is 6.97. The molecule has 2 aromatic carbocycles.